The van der Waals surface area contributed by atoms with Crippen LogP contribution in [0.25, 0.3) is 11.0 Å². The summed E-state index contributed by atoms with van der Waals surface area (Å²) in [5, 5.41) is 23.2. The first-order chi connectivity index (χ1) is 14.5. The molecule has 0 fully saturated rings. The molecule has 3 N–H and O–H groups in total. The first kappa shape index (κ1) is 21.7. The fourth-order valence-electron chi connectivity index (χ4n) is 3.20. The zero-order valence-electron chi connectivity index (χ0n) is 17.1. The number of aliphatic hydroxyl groups excluding tert-OH is 1. The molecule has 0 aliphatic heterocycles. The summed E-state index contributed by atoms with van der Waals surface area (Å²) >= 11 is 0. The molecule has 2 aromatic carbocycles. The fraction of sp³-hybridized carbons (Fsp3) is 0.348. The second kappa shape index (κ2) is 10.1. The van der Waals surface area contributed by atoms with Gasteiger partial charge in [-0.2, -0.15) is 0 Å². The van der Waals surface area contributed by atoms with Crippen molar-refractivity contribution in [3.63, 3.8) is 0 Å². The third-order valence-corrected chi connectivity index (χ3v) is 4.58. The maximum Gasteiger partial charge on any atom is 0.372 e. The summed E-state index contributed by atoms with van der Waals surface area (Å²) in [4.78, 5) is 11.4. The van der Waals surface area contributed by atoms with Crippen molar-refractivity contribution < 1.29 is 28.9 Å². The average Bonchev–Trinajstić information content (AvgIpc) is 3.12. The number of hydrogen-bond donors (Lipinski definition) is 3. The number of fused-ring (bicyclic) bond motifs is 1. The number of carbonyl (C=O) groups is 1. The minimum absolute atomic E-state index is 0.00820. The van der Waals surface area contributed by atoms with Gasteiger partial charge in [0.1, 0.15) is 36.4 Å². The molecule has 0 radical (unpaired) electrons. The van der Waals surface area contributed by atoms with Gasteiger partial charge in [-0.25, -0.2) is 4.79 Å². The van der Waals surface area contributed by atoms with Gasteiger partial charge >= 0.3 is 5.97 Å². The van der Waals surface area contributed by atoms with Gasteiger partial charge in [-0.15, -0.1) is 0 Å². The lowest BCUT2D eigenvalue weighted by Crippen LogP contribution is -2.33. The number of hydrogen-bond acceptors (Lipinski definition) is 6. The van der Waals surface area contributed by atoms with Crippen LogP contribution >= 0.6 is 0 Å². The summed E-state index contributed by atoms with van der Waals surface area (Å²) in [6, 6.07) is 14.6. The van der Waals surface area contributed by atoms with E-state index in [2.05, 4.69) is 5.32 Å². The monoisotopic (exact) mass is 413 g/mol. The van der Waals surface area contributed by atoms with Gasteiger partial charge in [0.05, 0.1) is 0 Å². The number of carboxylic acid groups (broad SMARTS) is 1. The highest BCUT2D eigenvalue weighted by molar-refractivity contribution is 5.96. The van der Waals surface area contributed by atoms with Gasteiger partial charge in [-0.1, -0.05) is 32.0 Å². The smallest absolute Gasteiger partial charge is 0.372 e. The number of furan rings is 1. The molecule has 3 aromatic rings. The van der Waals surface area contributed by atoms with Gasteiger partial charge in [-0.05, 0) is 36.2 Å². The first-order valence-corrected chi connectivity index (χ1v) is 9.95. The molecule has 0 unspecified atom stereocenters. The summed E-state index contributed by atoms with van der Waals surface area (Å²) in [6.07, 6.45) is -0.629. The van der Waals surface area contributed by atoms with Crippen molar-refractivity contribution in [1.29, 1.82) is 0 Å². The summed E-state index contributed by atoms with van der Waals surface area (Å²) < 4.78 is 16.8. The summed E-state index contributed by atoms with van der Waals surface area (Å²) in [7, 11) is 0. The molecule has 0 amide bonds. The van der Waals surface area contributed by atoms with Crippen molar-refractivity contribution in [2.75, 3.05) is 26.3 Å². The highest BCUT2D eigenvalue weighted by Crippen LogP contribution is 2.34. The Morgan fingerprint density at radius 1 is 1.10 bits per heavy atom. The van der Waals surface area contributed by atoms with Crippen molar-refractivity contribution in [2.24, 2.45) is 0 Å². The zero-order chi connectivity index (χ0) is 21.5. The molecule has 1 aromatic heterocycles. The maximum absolute atomic E-state index is 11.4. The van der Waals surface area contributed by atoms with Crippen LogP contribution in [0.3, 0.4) is 0 Å². The highest BCUT2D eigenvalue weighted by Gasteiger charge is 2.22. The summed E-state index contributed by atoms with van der Waals surface area (Å²) in [6.45, 7) is 5.40. The van der Waals surface area contributed by atoms with E-state index in [1.807, 2.05) is 50.2 Å². The van der Waals surface area contributed by atoms with E-state index in [-0.39, 0.29) is 18.3 Å². The Bertz CT molecular complexity index is 966. The number of aromatic carboxylic acids is 1. The van der Waals surface area contributed by atoms with Crippen LogP contribution in [-0.4, -0.2) is 48.6 Å². The second-order valence-corrected chi connectivity index (χ2v) is 7.29. The predicted molar refractivity (Wildman–Crippen MR) is 114 cm³/mol. The third kappa shape index (κ3) is 5.52. The maximum atomic E-state index is 11.4. The largest absolute Gasteiger partial charge is 0.492 e. The number of carboxylic acids is 1. The first-order valence-electron chi connectivity index (χ1n) is 9.95. The number of aliphatic hydroxyl groups is 1. The van der Waals surface area contributed by atoms with E-state index in [4.69, 9.17) is 13.9 Å². The van der Waals surface area contributed by atoms with Crippen LogP contribution in [-0.2, 0) is 0 Å². The number of nitrogens with one attached hydrogen (secondary N) is 1. The van der Waals surface area contributed by atoms with Crippen LogP contribution in [0.15, 0.2) is 52.9 Å². The van der Waals surface area contributed by atoms with Crippen molar-refractivity contribution in [2.45, 2.75) is 25.9 Å². The van der Waals surface area contributed by atoms with Gasteiger partial charge in [0.2, 0.25) is 5.76 Å². The molecule has 1 heterocycles. The lowest BCUT2D eigenvalue weighted by atomic mass is 9.99. The van der Waals surface area contributed by atoms with E-state index >= 15 is 0 Å². The van der Waals surface area contributed by atoms with E-state index in [0.29, 0.717) is 36.6 Å². The number of para-hydroxylation sites is 1. The molecule has 0 spiro atoms. The van der Waals surface area contributed by atoms with Crippen molar-refractivity contribution >= 4 is 16.9 Å². The molecule has 0 aliphatic carbocycles. The van der Waals surface area contributed by atoms with E-state index in [0.717, 1.165) is 11.1 Å². The molecular formula is C23H27NO6. The molecule has 0 saturated carbocycles. The Morgan fingerprint density at radius 2 is 1.87 bits per heavy atom. The van der Waals surface area contributed by atoms with E-state index in [1.54, 1.807) is 12.1 Å². The van der Waals surface area contributed by atoms with Crippen LogP contribution in [0.4, 0.5) is 0 Å². The van der Waals surface area contributed by atoms with Crippen molar-refractivity contribution in [1.82, 2.24) is 5.32 Å². The third-order valence-electron chi connectivity index (χ3n) is 4.58. The molecular weight excluding hydrogens is 386 g/mol. The van der Waals surface area contributed by atoms with Crippen LogP contribution in [0.5, 0.6) is 11.5 Å². The van der Waals surface area contributed by atoms with Crippen LogP contribution in [0, 0.1) is 0 Å². The molecule has 7 heteroatoms. The molecule has 3 rings (SSSR count). The van der Waals surface area contributed by atoms with Gasteiger partial charge in [-0.3, -0.25) is 0 Å². The molecule has 0 saturated heterocycles. The van der Waals surface area contributed by atoms with E-state index < -0.39 is 12.1 Å². The van der Waals surface area contributed by atoms with Gasteiger partial charge in [0.25, 0.3) is 0 Å². The number of benzene rings is 2. The Morgan fingerprint density at radius 3 is 2.57 bits per heavy atom. The van der Waals surface area contributed by atoms with Crippen LogP contribution in [0.2, 0.25) is 0 Å². The molecule has 30 heavy (non-hydrogen) atoms. The summed E-state index contributed by atoms with van der Waals surface area (Å²) in [5.41, 5.74) is 1.20. The number of ether oxygens (including phenoxy) is 2. The van der Waals surface area contributed by atoms with E-state index in [9.17, 15) is 15.0 Å². The Kier molecular flexibility index (Phi) is 7.32. The minimum Gasteiger partial charge on any atom is -0.492 e. The molecule has 7 nitrogen and oxygen atoms in total. The molecule has 0 aliphatic rings. The average molecular weight is 413 g/mol. The molecule has 1 atom stereocenters. The minimum atomic E-state index is -1.07. The quantitative estimate of drug-likeness (QED) is 0.412. The molecule has 0 bridgehead atoms. The topological polar surface area (TPSA) is 101 Å². The highest BCUT2D eigenvalue weighted by atomic mass is 16.5. The van der Waals surface area contributed by atoms with Gasteiger partial charge in [0.15, 0.2) is 0 Å². The van der Waals surface area contributed by atoms with Crippen LogP contribution < -0.4 is 14.8 Å². The van der Waals surface area contributed by atoms with Gasteiger partial charge in [0, 0.05) is 24.0 Å². The number of rotatable bonds is 11. The van der Waals surface area contributed by atoms with Crippen LogP contribution in [0.1, 0.15) is 35.9 Å². The summed E-state index contributed by atoms with van der Waals surface area (Å²) in [5.74, 6) is 0.272. The Hall–Kier alpha value is -3.03. The van der Waals surface area contributed by atoms with E-state index in [1.165, 1.54) is 0 Å². The fourth-order valence-corrected chi connectivity index (χ4v) is 3.20. The normalized spacial score (nSPS) is 12.3. The van der Waals surface area contributed by atoms with Crippen molar-refractivity contribution in [3.05, 3.63) is 59.9 Å². The Labute approximate surface area is 175 Å². The second-order valence-electron chi connectivity index (χ2n) is 7.29. The van der Waals surface area contributed by atoms with Crippen molar-refractivity contribution in [3.8, 4) is 11.5 Å². The zero-order valence-corrected chi connectivity index (χ0v) is 17.1. The Balaban J connectivity index is 1.46. The molecule has 160 valence electrons. The predicted octanol–water partition coefficient (Wildman–Crippen LogP) is 3.66. The standard InChI is InChI=1S/C23H27NO6/c1-15(2)21-19-12-18(8-9-20(19)30-22(21)23(26)27)28-11-10-24-13-16(25)14-29-17-6-4-3-5-7-17/h3-9,12,15-16,24-25H,10-11,13-14H2,1-2H3,(H,26,27)/t16-/m0/s1. The van der Waals surface area contributed by atoms with Gasteiger partial charge < -0.3 is 29.4 Å². The lowest BCUT2D eigenvalue weighted by Gasteiger charge is -2.13. The SMILES string of the molecule is CC(C)c1c(C(=O)O)oc2ccc(OCCNC[C@H](O)COc3ccccc3)cc12. The lowest BCUT2D eigenvalue weighted by molar-refractivity contribution is 0.0662.